The van der Waals surface area contributed by atoms with Crippen LogP contribution < -0.4 is 10.2 Å². The zero-order valence-corrected chi connectivity index (χ0v) is 15.6. The first kappa shape index (κ1) is 17.0. The van der Waals surface area contributed by atoms with Crippen molar-refractivity contribution in [1.29, 1.82) is 0 Å². The highest BCUT2D eigenvalue weighted by Gasteiger charge is 2.15. The van der Waals surface area contributed by atoms with E-state index in [1.807, 2.05) is 48.0 Å². The number of aryl methyl sites for hydroxylation is 1. The van der Waals surface area contributed by atoms with E-state index in [9.17, 15) is 4.79 Å². The normalized spacial score (nSPS) is 14.6. The van der Waals surface area contributed by atoms with Crippen LogP contribution in [0, 0.1) is 0 Å². The van der Waals surface area contributed by atoms with Crippen LogP contribution in [0.25, 0.3) is 10.9 Å². The van der Waals surface area contributed by atoms with Gasteiger partial charge < -0.3 is 14.8 Å². The molecule has 1 saturated heterocycles. The van der Waals surface area contributed by atoms with Crippen LogP contribution in [0.15, 0.2) is 48.5 Å². The summed E-state index contributed by atoms with van der Waals surface area (Å²) in [6.45, 7) is 2.23. The molecule has 0 atom stereocenters. The van der Waals surface area contributed by atoms with Gasteiger partial charge in [0.05, 0.1) is 0 Å². The summed E-state index contributed by atoms with van der Waals surface area (Å²) in [7, 11) is 1.88. The molecular formula is C21H22ClN3O. The Morgan fingerprint density at radius 2 is 1.73 bits per heavy atom. The minimum atomic E-state index is -0.120. The molecule has 2 aromatic carbocycles. The molecule has 5 heteroatoms. The fourth-order valence-electron chi connectivity index (χ4n) is 3.62. The van der Waals surface area contributed by atoms with Crippen molar-refractivity contribution in [3.8, 4) is 0 Å². The number of halogens is 1. The van der Waals surface area contributed by atoms with E-state index in [1.54, 1.807) is 0 Å². The number of nitrogens with one attached hydrogen (secondary N) is 1. The molecule has 0 bridgehead atoms. The average molecular weight is 368 g/mol. The smallest absolute Gasteiger partial charge is 0.272 e. The van der Waals surface area contributed by atoms with E-state index in [0.717, 1.165) is 29.7 Å². The zero-order chi connectivity index (χ0) is 18.1. The number of anilines is 2. The lowest BCUT2D eigenvalue weighted by Crippen LogP contribution is -2.29. The van der Waals surface area contributed by atoms with Crippen molar-refractivity contribution in [3.63, 3.8) is 0 Å². The number of carbonyl (C=O) groups is 1. The van der Waals surface area contributed by atoms with Gasteiger partial charge in [-0.2, -0.15) is 0 Å². The van der Waals surface area contributed by atoms with Crippen LogP contribution in [0.4, 0.5) is 11.4 Å². The number of fused-ring (bicyclic) bond motifs is 1. The monoisotopic (exact) mass is 367 g/mol. The molecule has 0 spiro atoms. The number of piperidine rings is 1. The molecule has 0 saturated carbocycles. The van der Waals surface area contributed by atoms with Gasteiger partial charge in [0.1, 0.15) is 5.69 Å². The van der Waals surface area contributed by atoms with E-state index in [4.69, 9.17) is 11.6 Å². The van der Waals surface area contributed by atoms with Crippen molar-refractivity contribution in [3.05, 3.63) is 59.2 Å². The van der Waals surface area contributed by atoms with Gasteiger partial charge in [-0.3, -0.25) is 4.79 Å². The third-order valence-electron chi connectivity index (χ3n) is 5.09. The van der Waals surface area contributed by atoms with Gasteiger partial charge in [0.25, 0.3) is 5.91 Å². The lowest BCUT2D eigenvalue weighted by molar-refractivity contribution is 0.102. The predicted molar refractivity (Wildman–Crippen MR) is 108 cm³/mol. The van der Waals surface area contributed by atoms with Crippen LogP contribution in [-0.2, 0) is 7.05 Å². The molecule has 1 fully saturated rings. The van der Waals surface area contributed by atoms with E-state index in [-0.39, 0.29) is 5.91 Å². The van der Waals surface area contributed by atoms with E-state index in [2.05, 4.69) is 22.3 Å². The Morgan fingerprint density at radius 1 is 1.00 bits per heavy atom. The Bertz CT molecular complexity index is 940. The van der Waals surface area contributed by atoms with Crippen LogP contribution in [0.3, 0.4) is 0 Å². The number of carbonyl (C=O) groups excluding carboxylic acids is 1. The number of amides is 1. The van der Waals surface area contributed by atoms with Crippen molar-refractivity contribution in [2.24, 2.45) is 7.05 Å². The van der Waals surface area contributed by atoms with Crippen LogP contribution in [-0.4, -0.2) is 23.6 Å². The van der Waals surface area contributed by atoms with Crippen LogP contribution in [0.5, 0.6) is 0 Å². The second kappa shape index (κ2) is 7.04. The molecule has 134 valence electrons. The zero-order valence-electron chi connectivity index (χ0n) is 14.8. The summed E-state index contributed by atoms with van der Waals surface area (Å²) >= 11 is 6.07. The summed E-state index contributed by atoms with van der Waals surface area (Å²) in [5, 5.41) is 4.66. The maximum absolute atomic E-state index is 12.7. The molecule has 0 aliphatic carbocycles. The van der Waals surface area contributed by atoms with Gasteiger partial charge >= 0.3 is 0 Å². The van der Waals surface area contributed by atoms with Crippen molar-refractivity contribution in [2.45, 2.75) is 19.3 Å². The molecule has 3 aromatic rings. The molecule has 0 unspecified atom stereocenters. The minimum Gasteiger partial charge on any atom is -0.372 e. The Labute approximate surface area is 158 Å². The van der Waals surface area contributed by atoms with E-state index < -0.39 is 0 Å². The molecule has 0 radical (unpaired) electrons. The first-order chi connectivity index (χ1) is 12.6. The molecule has 1 N–H and O–H groups in total. The SMILES string of the molecule is Cn1c(C(=O)Nc2ccc(N3CCCCC3)cc2)cc2ccc(Cl)cc21. The summed E-state index contributed by atoms with van der Waals surface area (Å²) in [5.41, 5.74) is 3.59. The van der Waals surface area contributed by atoms with Gasteiger partial charge in [-0.25, -0.2) is 0 Å². The number of aromatic nitrogens is 1. The second-order valence-corrected chi connectivity index (χ2v) is 7.28. The maximum Gasteiger partial charge on any atom is 0.272 e. The van der Waals surface area contributed by atoms with Gasteiger partial charge in [-0.1, -0.05) is 17.7 Å². The Hall–Kier alpha value is -2.46. The van der Waals surface area contributed by atoms with E-state index in [1.165, 1.54) is 24.9 Å². The standard InChI is InChI=1S/C21H22ClN3O/c1-24-19-14-16(22)6-5-15(19)13-20(24)21(26)23-17-7-9-18(10-8-17)25-11-3-2-4-12-25/h5-10,13-14H,2-4,11-12H2,1H3,(H,23,26). The summed E-state index contributed by atoms with van der Waals surface area (Å²) < 4.78 is 1.87. The molecule has 1 amide bonds. The molecular weight excluding hydrogens is 346 g/mol. The fourth-order valence-corrected chi connectivity index (χ4v) is 3.79. The Kier molecular flexibility index (Phi) is 4.60. The van der Waals surface area contributed by atoms with E-state index >= 15 is 0 Å². The van der Waals surface area contributed by atoms with E-state index in [0.29, 0.717) is 10.7 Å². The molecule has 1 aliphatic rings. The molecule has 4 nitrogen and oxygen atoms in total. The van der Waals surface area contributed by atoms with Crippen LogP contribution >= 0.6 is 11.6 Å². The number of hydrogen-bond donors (Lipinski definition) is 1. The van der Waals surface area contributed by atoms with Gasteiger partial charge in [0, 0.05) is 47.4 Å². The summed E-state index contributed by atoms with van der Waals surface area (Å²) in [6, 6.07) is 15.7. The van der Waals surface area contributed by atoms with Crippen molar-refractivity contribution in [2.75, 3.05) is 23.3 Å². The number of nitrogens with zero attached hydrogens (tertiary/aromatic N) is 2. The van der Waals surface area contributed by atoms with Gasteiger partial charge in [0.2, 0.25) is 0 Å². The van der Waals surface area contributed by atoms with Gasteiger partial charge in [-0.05, 0) is 61.7 Å². The first-order valence-electron chi connectivity index (χ1n) is 9.03. The van der Waals surface area contributed by atoms with Crippen molar-refractivity contribution >= 4 is 39.8 Å². The van der Waals surface area contributed by atoms with Gasteiger partial charge in [-0.15, -0.1) is 0 Å². The molecule has 4 rings (SSSR count). The Morgan fingerprint density at radius 3 is 2.46 bits per heavy atom. The molecule has 26 heavy (non-hydrogen) atoms. The van der Waals surface area contributed by atoms with Crippen LogP contribution in [0.2, 0.25) is 5.02 Å². The highest BCUT2D eigenvalue weighted by atomic mass is 35.5. The molecule has 2 heterocycles. The maximum atomic E-state index is 12.7. The molecule has 1 aliphatic heterocycles. The lowest BCUT2D eigenvalue weighted by atomic mass is 10.1. The Balaban J connectivity index is 1.52. The highest BCUT2D eigenvalue weighted by molar-refractivity contribution is 6.31. The second-order valence-electron chi connectivity index (χ2n) is 6.84. The third-order valence-corrected chi connectivity index (χ3v) is 5.32. The molecule has 1 aromatic heterocycles. The minimum absolute atomic E-state index is 0.120. The average Bonchev–Trinajstić information content (AvgIpc) is 2.99. The summed E-state index contributed by atoms with van der Waals surface area (Å²) in [5.74, 6) is -0.120. The number of rotatable bonds is 3. The lowest BCUT2D eigenvalue weighted by Gasteiger charge is -2.28. The predicted octanol–water partition coefficient (Wildman–Crippen LogP) is 5.07. The van der Waals surface area contributed by atoms with Crippen LogP contribution in [0.1, 0.15) is 29.8 Å². The largest absolute Gasteiger partial charge is 0.372 e. The van der Waals surface area contributed by atoms with Gasteiger partial charge in [0.15, 0.2) is 0 Å². The summed E-state index contributed by atoms with van der Waals surface area (Å²) in [4.78, 5) is 15.1. The highest BCUT2D eigenvalue weighted by Crippen LogP contribution is 2.25. The quantitative estimate of drug-likeness (QED) is 0.701. The van der Waals surface area contributed by atoms with Crippen molar-refractivity contribution < 1.29 is 4.79 Å². The third kappa shape index (κ3) is 3.29. The van der Waals surface area contributed by atoms with Crippen molar-refractivity contribution in [1.82, 2.24) is 4.57 Å². The topological polar surface area (TPSA) is 37.3 Å². The first-order valence-corrected chi connectivity index (χ1v) is 9.41. The fraction of sp³-hybridized carbons (Fsp3) is 0.286. The number of benzene rings is 2. The number of hydrogen-bond acceptors (Lipinski definition) is 2. The summed E-state index contributed by atoms with van der Waals surface area (Å²) in [6.07, 6.45) is 3.83.